The molecule has 0 bridgehead atoms. The van der Waals surface area contributed by atoms with Crippen molar-refractivity contribution in [1.29, 1.82) is 0 Å². The molecule has 2 aliphatic rings. The van der Waals surface area contributed by atoms with Crippen molar-refractivity contribution < 1.29 is 9.53 Å². The second-order valence-electron chi connectivity index (χ2n) is 12.7. The van der Waals surface area contributed by atoms with Crippen LogP contribution in [0.5, 0.6) is 0 Å². The molecule has 0 N–H and O–H groups in total. The lowest BCUT2D eigenvalue weighted by molar-refractivity contribution is -0.126. The molecule has 3 rings (SSSR count). The first-order valence-electron chi connectivity index (χ1n) is 15.0. The van der Waals surface area contributed by atoms with Crippen molar-refractivity contribution >= 4 is 5.78 Å². The number of hydrogen-bond acceptors (Lipinski definition) is 2. The molecule has 5 atom stereocenters. The molecule has 0 aromatic heterocycles. The minimum absolute atomic E-state index is 0.0364. The zero-order valence-corrected chi connectivity index (χ0v) is 23.6. The first kappa shape index (κ1) is 28.4. The Balaban J connectivity index is 1.61. The Bertz CT molecular complexity index is 756. The number of carbonyl (C=O) groups excluding carboxylic acids is 1. The molecule has 2 fully saturated rings. The third kappa shape index (κ3) is 9.03. The van der Waals surface area contributed by atoms with Crippen molar-refractivity contribution in [3.8, 4) is 0 Å². The molecule has 0 spiro atoms. The third-order valence-electron chi connectivity index (χ3n) is 9.05. The van der Waals surface area contributed by atoms with Crippen molar-refractivity contribution in [2.24, 2.45) is 23.7 Å². The van der Waals surface area contributed by atoms with Gasteiger partial charge in [0.25, 0.3) is 0 Å². The Morgan fingerprint density at radius 1 is 1.09 bits per heavy atom. The van der Waals surface area contributed by atoms with Crippen LogP contribution in [0.1, 0.15) is 135 Å². The summed E-state index contributed by atoms with van der Waals surface area (Å²) < 4.78 is 6.12. The molecule has 1 aromatic rings. The minimum Gasteiger partial charge on any atom is -0.375 e. The molecule has 5 unspecified atom stereocenters. The van der Waals surface area contributed by atoms with E-state index in [2.05, 4.69) is 58.9 Å². The first-order valence-corrected chi connectivity index (χ1v) is 15.0. The van der Waals surface area contributed by atoms with E-state index in [1.54, 1.807) is 0 Å². The standard InChI is InChI=1S/C33H54O2/c1-6-8-9-17-31(28-14-10-13-25(3)20-28)29-15-11-16-30(23-29)32(34)22-26(12-7-2)21-27-18-19-33(4,5)35-24-27/h10,13-14,20,26-27,29-31H,6-9,11-12,15-19,21-24H2,1-5H3. The van der Waals surface area contributed by atoms with Crippen molar-refractivity contribution in [2.45, 2.75) is 136 Å². The molecule has 1 heterocycles. The van der Waals surface area contributed by atoms with Gasteiger partial charge in [0.1, 0.15) is 5.78 Å². The fourth-order valence-electron chi connectivity index (χ4n) is 6.95. The molecule has 0 amide bonds. The normalized spacial score (nSPS) is 26.3. The van der Waals surface area contributed by atoms with Gasteiger partial charge in [-0.2, -0.15) is 0 Å². The van der Waals surface area contributed by atoms with E-state index in [-0.39, 0.29) is 11.5 Å². The number of hydrogen-bond donors (Lipinski definition) is 0. The summed E-state index contributed by atoms with van der Waals surface area (Å²) in [6, 6.07) is 9.20. The van der Waals surface area contributed by atoms with Gasteiger partial charge in [0.15, 0.2) is 0 Å². The van der Waals surface area contributed by atoms with E-state index in [0.717, 1.165) is 32.3 Å². The average molecular weight is 483 g/mol. The zero-order chi connectivity index (χ0) is 25.3. The largest absolute Gasteiger partial charge is 0.375 e. The van der Waals surface area contributed by atoms with Crippen molar-refractivity contribution in [1.82, 2.24) is 0 Å². The molecule has 35 heavy (non-hydrogen) atoms. The van der Waals surface area contributed by atoms with Crippen LogP contribution in [0.25, 0.3) is 0 Å². The van der Waals surface area contributed by atoms with Crippen molar-refractivity contribution in [3.05, 3.63) is 35.4 Å². The summed E-state index contributed by atoms with van der Waals surface area (Å²) in [6.07, 6.45) is 16.7. The van der Waals surface area contributed by atoms with Gasteiger partial charge in [0.05, 0.1) is 12.2 Å². The monoisotopic (exact) mass is 482 g/mol. The lowest BCUT2D eigenvalue weighted by Crippen LogP contribution is -2.34. The van der Waals surface area contributed by atoms with Gasteiger partial charge in [-0.1, -0.05) is 82.2 Å². The van der Waals surface area contributed by atoms with Gasteiger partial charge in [-0.15, -0.1) is 0 Å². The number of benzene rings is 1. The molecule has 2 nitrogen and oxygen atoms in total. The predicted molar refractivity (Wildman–Crippen MR) is 149 cm³/mol. The summed E-state index contributed by atoms with van der Waals surface area (Å²) in [5, 5.41) is 0. The number of unbranched alkanes of at least 4 members (excludes halogenated alkanes) is 2. The Hall–Kier alpha value is -1.15. The van der Waals surface area contributed by atoms with Crippen LogP contribution in [-0.2, 0) is 9.53 Å². The summed E-state index contributed by atoms with van der Waals surface area (Å²) in [7, 11) is 0. The smallest absolute Gasteiger partial charge is 0.136 e. The number of ether oxygens (including phenoxy) is 1. The molecule has 1 aliphatic heterocycles. The van der Waals surface area contributed by atoms with Crippen LogP contribution in [-0.4, -0.2) is 18.0 Å². The molecule has 1 saturated carbocycles. The molecule has 1 saturated heterocycles. The van der Waals surface area contributed by atoms with Gasteiger partial charge in [0.2, 0.25) is 0 Å². The maximum atomic E-state index is 13.6. The van der Waals surface area contributed by atoms with Gasteiger partial charge in [0, 0.05) is 12.3 Å². The van der Waals surface area contributed by atoms with Crippen LogP contribution >= 0.6 is 0 Å². The Kier molecular flexibility index (Phi) is 11.3. The lowest BCUT2D eigenvalue weighted by Gasteiger charge is -2.37. The quantitative estimate of drug-likeness (QED) is 0.262. The predicted octanol–water partition coefficient (Wildman–Crippen LogP) is 9.44. The molecular weight excluding hydrogens is 428 g/mol. The van der Waals surface area contributed by atoms with Crippen molar-refractivity contribution in [2.75, 3.05) is 6.61 Å². The number of aryl methyl sites for hydroxylation is 1. The molecule has 1 aliphatic carbocycles. The molecule has 198 valence electrons. The molecular formula is C33H54O2. The van der Waals surface area contributed by atoms with E-state index in [1.807, 2.05) is 0 Å². The van der Waals surface area contributed by atoms with E-state index < -0.39 is 0 Å². The third-order valence-corrected chi connectivity index (χ3v) is 9.05. The second-order valence-corrected chi connectivity index (χ2v) is 12.7. The Morgan fingerprint density at radius 3 is 2.60 bits per heavy atom. The zero-order valence-electron chi connectivity index (χ0n) is 23.6. The Labute approximate surface area is 217 Å². The number of ketones is 1. The SMILES string of the molecule is CCCCCC(c1cccc(C)c1)C1CCCC(C(=O)CC(CCC)CC2CCC(C)(C)OC2)C1. The summed E-state index contributed by atoms with van der Waals surface area (Å²) in [4.78, 5) is 13.6. The van der Waals surface area contributed by atoms with Gasteiger partial charge in [-0.3, -0.25) is 4.79 Å². The first-order chi connectivity index (χ1) is 16.8. The lowest BCUT2D eigenvalue weighted by atomic mass is 9.69. The van der Waals surface area contributed by atoms with E-state index in [9.17, 15) is 4.79 Å². The number of rotatable bonds is 13. The molecule has 1 aromatic carbocycles. The van der Waals surface area contributed by atoms with Crippen molar-refractivity contribution in [3.63, 3.8) is 0 Å². The van der Waals surface area contributed by atoms with E-state index in [4.69, 9.17) is 4.74 Å². The van der Waals surface area contributed by atoms with Crippen LogP contribution in [0.4, 0.5) is 0 Å². The summed E-state index contributed by atoms with van der Waals surface area (Å²) >= 11 is 0. The maximum absolute atomic E-state index is 13.6. The summed E-state index contributed by atoms with van der Waals surface area (Å²) in [5.74, 6) is 3.31. The maximum Gasteiger partial charge on any atom is 0.136 e. The van der Waals surface area contributed by atoms with Gasteiger partial charge in [-0.05, 0) is 95.0 Å². The van der Waals surface area contributed by atoms with E-state index in [1.165, 1.54) is 75.3 Å². The fourth-order valence-corrected chi connectivity index (χ4v) is 6.95. The van der Waals surface area contributed by atoms with Crippen LogP contribution < -0.4 is 0 Å². The topological polar surface area (TPSA) is 26.3 Å². The second kappa shape index (κ2) is 14.0. The van der Waals surface area contributed by atoms with Gasteiger partial charge >= 0.3 is 0 Å². The average Bonchev–Trinajstić information content (AvgIpc) is 2.83. The Morgan fingerprint density at radius 2 is 1.91 bits per heavy atom. The highest BCUT2D eigenvalue weighted by molar-refractivity contribution is 5.81. The highest BCUT2D eigenvalue weighted by Gasteiger charge is 2.34. The van der Waals surface area contributed by atoms with Gasteiger partial charge < -0.3 is 4.74 Å². The summed E-state index contributed by atoms with van der Waals surface area (Å²) in [6.45, 7) is 12.1. The van der Waals surface area contributed by atoms with Crippen LogP contribution in [0, 0.1) is 30.6 Å². The highest BCUT2D eigenvalue weighted by atomic mass is 16.5. The van der Waals surface area contributed by atoms with E-state index in [0.29, 0.717) is 29.5 Å². The molecule has 2 heteroatoms. The van der Waals surface area contributed by atoms with Crippen LogP contribution in [0.3, 0.4) is 0 Å². The fraction of sp³-hybridized carbons (Fsp3) is 0.788. The van der Waals surface area contributed by atoms with Gasteiger partial charge in [-0.25, -0.2) is 0 Å². The number of Topliss-reactive ketones (excluding diaryl/α,β-unsaturated/α-hetero) is 1. The van der Waals surface area contributed by atoms with Crippen LogP contribution in [0.15, 0.2) is 24.3 Å². The van der Waals surface area contributed by atoms with E-state index >= 15 is 0 Å². The summed E-state index contributed by atoms with van der Waals surface area (Å²) in [5.41, 5.74) is 2.92. The highest BCUT2D eigenvalue weighted by Crippen LogP contribution is 2.43. The number of carbonyl (C=O) groups is 1. The minimum atomic E-state index is 0.0364. The molecule has 0 radical (unpaired) electrons. The van der Waals surface area contributed by atoms with Crippen LogP contribution in [0.2, 0.25) is 0 Å².